The Balaban J connectivity index is 2.16. The molecule has 2 aliphatic rings. The van der Waals surface area contributed by atoms with Crippen molar-refractivity contribution in [2.75, 3.05) is 13.1 Å². The fourth-order valence-electron chi connectivity index (χ4n) is 2.59. The van der Waals surface area contributed by atoms with Gasteiger partial charge in [-0.15, -0.1) is 0 Å². The molecule has 2 heteroatoms. The molecular formula is C11H21NO. The lowest BCUT2D eigenvalue weighted by atomic mass is 9.58. The molecule has 1 saturated heterocycles. The zero-order chi connectivity index (χ0) is 9.74. The van der Waals surface area contributed by atoms with Crippen LogP contribution in [-0.4, -0.2) is 24.3 Å². The third-order valence-corrected chi connectivity index (χ3v) is 3.82. The van der Waals surface area contributed by atoms with Gasteiger partial charge in [-0.25, -0.2) is 0 Å². The Labute approximate surface area is 81.0 Å². The minimum absolute atomic E-state index is 0.00986. The third-order valence-electron chi connectivity index (χ3n) is 3.82. The van der Waals surface area contributed by atoms with Crippen LogP contribution in [0.25, 0.3) is 0 Å². The molecule has 1 heterocycles. The van der Waals surface area contributed by atoms with Crippen molar-refractivity contribution in [2.24, 2.45) is 5.41 Å². The third kappa shape index (κ3) is 1.31. The number of nitrogens with one attached hydrogen (secondary N) is 1. The van der Waals surface area contributed by atoms with Crippen molar-refractivity contribution >= 4 is 0 Å². The summed E-state index contributed by atoms with van der Waals surface area (Å²) in [6, 6.07) is 0. The number of ether oxygens (including phenoxy) is 1. The second kappa shape index (κ2) is 2.48. The lowest BCUT2D eigenvalue weighted by Crippen LogP contribution is -2.68. The average Bonchev–Trinajstić information content (AvgIpc) is 2.01. The van der Waals surface area contributed by atoms with Crippen LogP contribution in [0.3, 0.4) is 0 Å². The SMILES string of the molecule is CC1(C)CNCC2(CCC2(C)C)O1. The van der Waals surface area contributed by atoms with Crippen LogP contribution in [0, 0.1) is 5.41 Å². The first-order chi connectivity index (χ1) is 5.87. The topological polar surface area (TPSA) is 21.3 Å². The fourth-order valence-corrected chi connectivity index (χ4v) is 2.59. The second-order valence-electron chi connectivity index (χ2n) is 5.84. The van der Waals surface area contributed by atoms with Gasteiger partial charge < -0.3 is 10.1 Å². The highest BCUT2D eigenvalue weighted by atomic mass is 16.5. The Hall–Kier alpha value is -0.0800. The summed E-state index contributed by atoms with van der Waals surface area (Å²) < 4.78 is 6.25. The van der Waals surface area contributed by atoms with Gasteiger partial charge >= 0.3 is 0 Å². The normalized spacial score (nSPS) is 41.5. The molecule has 2 fully saturated rings. The van der Waals surface area contributed by atoms with Crippen molar-refractivity contribution in [3.8, 4) is 0 Å². The molecule has 1 aliphatic heterocycles. The second-order valence-corrected chi connectivity index (χ2v) is 5.84. The van der Waals surface area contributed by atoms with Gasteiger partial charge in [0.05, 0.1) is 11.2 Å². The smallest absolute Gasteiger partial charge is 0.0864 e. The highest BCUT2D eigenvalue weighted by Gasteiger charge is 2.57. The van der Waals surface area contributed by atoms with Gasteiger partial charge in [0.15, 0.2) is 0 Å². The average molecular weight is 183 g/mol. The van der Waals surface area contributed by atoms with Gasteiger partial charge in [0.25, 0.3) is 0 Å². The summed E-state index contributed by atoms with van der Waals surface area (Å²) in [5.41, 5.74) is 0.488. The predicted molar refractivity (Wildman–Crippen MR) is 53.8 cm³/mol. The summed E-state index contributed by atoms with van der Waals surface area (Å²) in [5.74, 6) is 0. The van der Waals surface area contributed by atoms with E-state index < -0.39 is 0 Å². The van der Waals surface area contributed by atoms with Gasteiger partial charge in [-0.2, -0.15) is 0 Å². The predicted octanol–water partition coefficient (Wildman–Crippen LogP) is 1.94. The summed E-state index contributed by atoms with van der Waals surface area (Å²) in [4.78, 5) is 0. The molecule has 1 unspecified atom stereocenters. The van der Waals surface area contributed by atoms with Gasteiger partial charge in [-0.05, 0) is 32.1 Å². The molecule has 1 atom stereocenters. The quantitative estimate of drug-likeness (QED) is 0.619. The molecule has 1 aliphatic carbocycles. The van der Waals surface area contributed by atoms with Crippen LogP contribution in [0.4, 0.5) is 0 Å². The molecule has 0 aromatic rings. The Kier molecular flexibility index (Phi) is 1.81. The maximum absolute atomic E-state index is 6.25. The maximum atomic E-state index is 6.25. The molecule has 0 aromatic carbocycles. The van der Waals surface area contributed by atoms with E-state index in [1.165, 1.54) is 12.8 Å². The highest BCUT2D eigenvalue weighted by molar-refractivity contribution is 5.09. The molecule has 0 amide bonds. The zero-order valence-electron chi connectivity index (χ0n) is 9.24. The van der Waals surface area contributed by atoms with Gasteiger partial charge in [0, 0.05) is 13.1 Å². The van der Waals surface area contributed by atoms with Crippen LogP contribution in [0.5, 0.6) is 0 Å². The first-order valence-electron chi connectivity index (χ1n) is 5.28. The Morgan fingerprint density at radius 2 is 1.69 bits per heavy atom. The van der Waals surface area contributed by atoms with Gasteiger partial charge in [0.2, 0.25) is 0 Å². The van der Waals surface area contributed by atoms with Crippen LogP contribution in [0.2, 0.25) is 0 Å². The van der Waals surface area contributed by atoms with Crippen LogP contribution < -0.4 is 5.32 Å². The lowest BCUT2D eigenvalue weighted by molar-refractivity contribution is -0.257. The van der Waals surface area contributed by atoms with E-state index in [0.717, 1.165) is 13.1 Å². The zero-order valence-corrected chi connectivity index (χ0v) is 9.24. The van der Waals surface area contributed by atoms with Crippen molar-refractivity contribution < 1.29 is 4.74 Å². The highest BCUT2D eigenvalue weighted by Crippen LogP contribution is 2.54. The summed E-state index contributed by atoms with van der Waals surface area (Å²) in [5, 5.41) is 3.50. The molecule has 1 spiro atoms. The Bertz CT molecular complexity index is 222. The maximum Gasteiger partial charge on any atom is 0.0864 e. The molecular weight excluding hydrogens is 162 g/mol. The van der Waals surface area contributed by atoms with Gasteiger partial charge in [-0.3, -0.25) is 0 Å². The van der Waals surface area contributed by atoms with Crippen molar-refractivity contribution in [3.63, 3.8) is 0 Å². The molecule has 1 saturated carbocycles. The van der Waals surface area contributed by atoms with E-state index >= 15 is 0 Å². The minimum atomic E-state index is 0.00986. The molecule has 76 valence electrons. The minimum Gasteiger partial charge on any atom is -0.366 e. The first kappa shape index (κ1) is 9.47. The molecule has 0 bridgehead atoms. The summed E-state index contributed by atoms with van der Waals surface area (Å²) in [6.45, 7) is 11.0. The number of hydrogen-bond donors (Lipinski definition) is 1. The van der Waals surface area contributed by atoms with E-state index in [-0.39, 0.29) is 11.2 Å². The van der Waals surface area contributed by atoms with E-state index in [9.17, 15) is 0 Å². The van der Waals surface area contributed by atoms with Gasteiger partial charge in [0.1, 0.15) is 0 Å². The Morgan fingerprint density at radius 3 is 2.00 bits per heavy atom. The number of hydrogen-bond acceptors (Lipinski definition) is 2. The van der Waals surface area contributed by atoms with Gasteiger partial charge in [-0.1, -0.05) is 13.8 Å². The molecule has 2 rings (SSSR count). The van der Waals surface area contributed by atoms with Crippen LogP contribution in [-0.2, 0) is 4.74 Å². The van der Waals surface area contributed by atoms with Crippen molar-refractivity contribution in [2.45, 2.75) is 51.7 Å². The van der Waals surface area contributed by atoms with Crippen molar-refractivity contribution in [1.82, 2.24) is 5.32 Å². The van der Waals surface area contributed by atoms with E-state index in [2.05, 4.69) is 33.0 Å². The summed E-state index contributed by atoms with van der Waals surface area (Å²) >= 11 is 0. The number of rotatable bonds is 0. The molecule has 0 aromatic heterocycles. The fraction of sp³-hybridized carbons (Fsp3) is 1.00. The summed E-state index contributed by atoms with van der Waals surface area (Å²) in [6.07, 6.45) is 2.52. The van der Waals surface area contributed by atoms with E-state index in [0.29, 0.717) is 5.41 Å². The lowest BCUT2D eigenvalue weighted by Gasteiger charge is -2.61. The van der Waals surface area contributed by atoms with Crippen molar-refractivity contribution in [1.29, 1.82) is 0 Å². The standard InChI is InChI=1S/C11H21NO/c1-9(2)5-6-11(9)8-12-7-10(3,4)13-11/h12H,5-8H2,1-4H3. The molecule has 0 radical (unpaired) electrons. The Morgan fingerprint density at radius 1 is 1.00 bits per heavy atom. The van der Waals surface area contributed by atoms with E-state index in [1.54, 1.807) is 0 Å². The monoisotopic (exact) mass is 183 g/mol. The van der Waals surface area contributed by atoms with Crippen LogP contribution in [0.15, 0.2) is 0 Å². The van der Waals surface area contributed by atoms with E-state index in [4.69, 9.17) is 4.74 Å². The van der Waals surface area contributed by atoms with Crippen molar-refractivity contribution in [3.05, 3.63) is 0 Å². The van der Waals surface area contributed by atoms with E-state index in [1.807, 2.05) is 0 Å². The molecule has 2 nitrogen and oxygen atoms in total. The largest absolute Gasteiger partial charge is 0.366 e. The molecule has 13 heavy (non-hydrogen) atoms. The first-order valence-corrected chi connectivity index (χ1v) is 5.28. The van der Waals surface area contributed by atoms with Crippen LogP contribution in [0.1, 0.15) is 40.5 Å². The number of morpholine rings is 1. The summed E-state index contributed by atoms with van der Waals surface area (Å²) in [7, 11) is 0. The van der Waals surface area contributed by atoms with Crippen LogP contribution >= 0.6 is 0 Å². The molecule has 1 N–H and O–H groups in total.